The van der Waals surface area contributed by atoms with Crippen LogP contribution in [0, 0.1) is 5.41 Å². The molecule has 0 aromatic carbocycles. The van der Waals surface area contributed by atoms with E-state index in [2.05, 4.69) is 24.5 Å². The Morgan fingerprint density at radius 3 is 2.32 bits per heavy atom. The van der Waals surface area contributed by atoms with Gasteiger partial charge in [-0.3, -0.25) is 4.79 Å². The highest BCUT2D eigenvalue weighted by Gasteiger charge is 2.42. The lowest BCUT2D eigenvalue weighted by Gasteiger charge is -2.42. The molecule has 0 aromatic rings. The molecule has 1 atom stereocenters. The minimum Gasteiger partial charge on any atom is -0.481 e. The number of hydrogen-bond acceptors (Lipinski definition) is 2. The molecular weight excluding hydrogens is 244 g/mol. The summed E-state index contributed by atoms with van der Waals surface area (Å²) in [6.07, 6.45) is 5.81. The number of carbonyl (C=O) groups is 2. The zero-order chi connectivity index (χ0) is 14.1. The van der Waals surface area contributed by atoms with Gasteiger partial charge in [-0.25, -0.2) is 4.79 Å². The third-order valence-corrected chi connectivity index (χ3v) is 4.74. The van der Waals surface area contributed by atoms with Gasteiger partial charge >= 0.3 is 12.0 Å². The van der Waals surface area contributed by atoms with E-state index in [0.29, 0.717) is 0 Å². The Hall–Kier alpha value is -1.26. The average molecular weight is 268 g/mol. The molecule has 0 bridgehead atoms. The maximum Gasteiger partial charge on any atom is 0.315 e. The molecule has 0 aromatic heterocycles. The normalized spacial score (nSPS) is 27.4. The topological polar surface area (TPSA) is 78.4 Å². The lowest BCUT2D eigenvalue weighted by atomic mass is 9.74. The number of carbonyl (C=O) groups excluding carboxylic acids is 1. The molecular formula is C14H24N2O3. The summed E-state index contributed by atoms with van der Waals surface area (Å²) in [5, 5.41) is 14.8. The van der Waals surface area contributed by atoms with Crippen LogP contribution in [-0.4, -0.2) is 28.7 Å². The van der Waals surface area contributed by atoms with Crippen LogP contribution in [-0.2, 0) is 4.79 Å². The van der Waals surface area contributed by atoms with Crippen LogP contribution in [0.4, 0.5) is 4.79 Å². The quantitative estimate of drug-likeness (QED) is 0.731. The van der Waals surface area contributed by atoms with E-state index < -0.39 is 11.5 Å². The van der Waals surface area contributed by atoms with Gasteiger partial charge in [0, 0.05) is 6.04 Å². The van der Waals surface area contributed by atoms with E-state index >= 15 is 0 Å². The van der Waals surface area contributed by atoms with Crippen molar-refractivity contribution in [3.05, 3.63) is 0 Å². The van der Waals surface area contributed by atoms with Crippen LogP contribution >= 0.6 is 0 Å². The first-order chi connectivity index (χ1) is 8.83. The number of hydrogen-bond donors (Lipinski definition) is 3. The smallest absolute Gasteiger partial charge is 0.315 e. The van der Waals surface area contributed by atoms with Crippen molar-refractivity contribution in [2.75, 3.05) is 0 Å². The van der Waals surface area contributed by atoms with E-state index in [0.717, 1.165) is 38.5 Å². The molecule has 0 saturated heterocycles. The Labute approximate surface area is 114 Å². The van der Waals surface area contributed by atoms with Crippen LogP contribution < -0.4 is 10.6 Å². The van der Waals surface area contributed by atoms with Gasteiger partial charge in [0.15, 0.2) is 0 Å². The van der Waals surface area contributed by atoms with Crippen molar-refractivity contribution in [2.24, 2.45) is 5.41 Å². The van der Waals surface area contributed by atoms with Gasteiger partial charge < -0.3 is 15.7 Å². The summed E-state index contributed by atoms with van der Waals surface area (Å²) >= 11 is 0. The number of carboxylic acid groups (broad SMARTS) is 1. The van der Waals surface area contributed by atoms with Crippen LogP contribution in [0.2, 0.25) is 0 Å². The molecule has 5 nitrogen and oxygen atoms in total. The van der Waals surface area contributed by atoms with Gasteiger partial charge in [0.25, 0.3) is 0 Å². The summed E-state index contributed by atoms with van der Waals surface area (Å²) in [7, 11) is 0. The van der Waals surface area contributed by atoms with Crippen LogP contribution in [0.1, 0.15) is 58.8 Å². The van der Waals surface area contributed by atoms with Gasteiger partial charge in [-0.05, 0) is 37.5 Å². The number of aliphatic carboxylic acids is 1. The third-order valence-electron chi connectivity index (χ3n) is 4.74. The van der Waals surface area contributed by atoms with E-state index in [1.807, 2.05) is 0 Å². The van der Waals surface area contributed by atoms with Crippen LogP contribution in [0.25, 0.3) is 0 Å². The summed E-state index contributed by atoms with van der Waals surface area (Å²) in [5.41, 5.74) is -0.379. The first kappa shape index (κ1) is 14.2. The lowest BCUT2D eigenvalue weighted by molar-refractivity contribution is -0.139. The lowest BCUT2D eigenvalue weighted by Crippen LogP contribution is -2.59. The van der Waals surface area contributed by atoms with E-state index in [-0.39, 0.29) is 23.9 Å². The fraction of sp³-hybridized carbons (Fsp3) is 0.857. The second-order valence-corrected chi connectivity index (χ2v) is 6.74. The zero-order valence-electron chi connectivity index (χ0n) is 11.8. The molecule has 2 amide bonds. The van der Waals surface area contributed by atoms with E-state index in [1.54, 1.807) is 0 Å². The molecule has 5 heteroatoms. The van der Waals surface area contributed by atoms with Crippen molar-refractivity contribution in [3.8, 4) is 0 Å². The van der Waals surface area contributed by atoms with Gasteiger partial charge in [-0.15, -0.1) is 0 Å². The molecule has 2 aliphatic rings. The SMILES string of the molecule is CC1(C)CCCC1NC(=O)NC1(CC(=O)O)CCC1. The van der Waals surface area contributed by atoms with Crippen molar-refractivity contribution in [1.29, 1.82) is 0 Å². The second kappa shape index (κ2) is 5.02. The number of amides is 2. The van der Waals surface area contributed by atoms with Crippen LogP contribution in [0.5, 0.6) is 0 Å². The first-order valence-corrected chi connectivity index (χ1v) is 7.14. The largest absolute Gasteiger partial charge is 0.481 e. The molecule has 108 valence electrons. The summed E-state index contributed by atoms with van der Waals surface area (Å²) in [5.74, 6) is -0.846. The number of carboxylic acids is 1. The fourth-order valence-corrected chi connectivity index (χ4v) is 3.27. The van der Waals surface area contributed by atoms with Gasteiger partial charge in [0.1, 0.15) is 0 Å². The molecule has 2 saturated carbocycles. The highest BCUT2D eigenvalue weighted by Crippen LogP contribution is 2.38. The molecule has 2 aliphatic carbocycles. The summed E-state index contributed by atoms with van der Waals surface area (Å²) in [6.45, 7) is 4.34. The van der Waals surface area contributed by atoms with Gasteiger partial charge in [0.2, 0.25) is 0 Å². The summed E-state index contributed by atoms with van der Waals surface area (Å²) in [6, 6.07) is -0.0182. The third kappa shape index (κ3) is 3.19. The molecule has 0 heterocycles. The Kier molecular flexibility index (Phi) is 3.74. The molecule has 0 aliphatic heterocycles. The van der Waals surface area contributed by atoms with Crippen molar-refractivity contribution >= 4 is 12.0 Å². The Morgan fingerprint density at radius 2 is 1.89 bits per heavy atom. The molecule has 0 spiro atoms. The average Bonchev–Trinajstić information content (AvgIpc) is 2.54. The van der Waals surface area contributed by atoms with Gasteiger partial charge in [0.05, 0.1) is 12.0 Å². The Morgan fingerprint density at radius 1 is 1.21 bits per heavy atom. The second-order valence-electron chi connectivity index (χ2n) is 6.74. The molecule has 3 N–H and O–H groups in total. The van der Waals surface area contributed by atoms with E-state index in [1.165, 1.54) is 0 Å². The maximum atomic E-state index is 12.1. The van der Waals surface area contributed by atoms with Crippen molar-refractivity contribution in [2.45, 2.75) is 70.4 Å². The van der Waals surface area contributed by atoms with E-state index in [4.69, 9.17) is 5.11 Å². The van der Waals surface area contributed by atoms with E-state index in [9.17, 15) is 9.59 Å². The molecule has 2 rings (SSSR count). The highest BCUT2D eigenvalue weighted by molar-refractivity contribution is 5.77. The predicted octanol–water partition coefficient (Wildman–Crippen LogP) is 2.26. The maximum absolute atomic E-state index is 12.1. The zero-order valence-corrected chi connectivity index (χ0v) is 11.8. The number of urea groups is 1. The predicted molar refractivity (Wildman–Crippen MR) is 71.9 cm³/mol. The molecule has 2 fully saturated rings. The highest BCUT2D eigenvalue weighted by atomic mass is 16.4. The summed E-state index contributed by atoms with van der Waals surface area (Å²) < 4.78 is 0. The van der Waals surface area contributed by atoms with Crippen molar-refractivity contribution < 1.29 is 14.7 Å². The monoisotopic (exact) mass is 268 g/mol. The first-order valence-electron chi connectivity index (χ1n) is 7.14. The van der Waals surface area contributed by atoms with Crippen LogP contribution in [0.15, 0.2) is 0 Å². The van der Waals surface area contributed by atoms with Gasteiger partial charge in [-0.1, -0.05) is 20.3 Å². The Bertz CT molecular complexity index is 375. The minimum absolute atomic E-state index is 0.0223. The molecule has 19 heavy (non-hydrogen) atoms. The molecule has 0 radical (unpaired) electrons. The Balaban J connectivity index is 1.88. The number of nitrogens with one attached hydrogen (secondary N) is 2. The fourth-order valence-electron chi connectivity index (χ4n) is 3.27. The molecule has 1 unspecified atom stereocenters. The minimum atomic E-state index is -0.846. The number of rotatable bonds is 4. The van der Waals surface area contributed by atoms with Crippen molar-refractivity contribution in [1.82, 2.24) is 10.6 Å². The summed E-state index contributed by atoms with van der Waals surface area (Å²) in [4.78, 5) is 22.9. The van der Waals surface area contributed by atoms with Crippen LogP contribution in [0.3, 0.4) is 0 Å². The van der Waals surface area contributed by atoms with Gasteiger partial charge in [-0.2, -0.15) is 0 Å². The standard InChI is InChI=1S/C14H24N2O3/c1-13(2)6-3-5-10(13)15-12(19)16-14(7-4-8-14)9-11(17)18/h10H,3-9H2,1-2H3,(H,17,18)(H2,15,16,19). The van der Waals surface area contributed by atoms with Crippen molar-refractivity contribution in [3.63, 3.8) is 0 Å².